The lowest BCUT2D eigenvalue weighted by Gasteiger charge is -2.59. The molecule has 0 unspecified atom stereocenters. The highest BCUT2D eigenvalue weighted by Gasteiger charge is 2.63. The largest absolute Gasteiger partial charge is 0.401 e. The van der Waals surface area contributed by atoms with E-state index in [1.807, 2.05) is 6.08 Å². The molecule has 0 bridgehead atoms. The average Bonchev–Trinajstić information content (AvgIpc) is 3.36. The Hall–Kier alpha value is -3.08. The molecule has 3 saturated carbocycles. The van der Waals surface area contributed by atoms with Gasteiger partial charge >= 0.3 is 0 Å². The van der Waals surface area contributed by atoms with Crippen molar-refractivity contribution in [2.24, 2.45) is 34.5 Å². The summed E-state index contributed by atoms with van der Waals surface area (Å²) >= 11 is 0. The lowest BCUT2D eigenvalue weighted by Crippen LogP contribution is -2.71. The van der Waals surface area contributed by atoms with Crippen LogP contribution in [0.1, 0.15) is 58.8 Å². The van der Waals surface area contributed by atoms with Crippen LogP contribution in [-0.4, -0.2) is 26.5 Å². The fraction of sp³-hybridized carbons (Fsp3) is 0.421. The van der Waals surface area contributed by atoms with E-state index in [9.17, 15) is 9.59 Å². The van der Waals surface area contributed by atoms with Crippen LogP contribution in [0.4, 0.5) is 0 Å². The molecule has 0 aromatic heterocycles. The third-order valence-corrected chi connectivity index (χ3v) is 16.0. The van der Waals surface area contributed by atoms with E-state index in [2.05, 4.69) is 105 Å². The number of benzene rings is 3. The molecule has 7 rings (SSSR count). The first-order valence-corrected chi connectivity index (χ1v) is 17.9. The van der Waals surface area contributed by atoms with Crippen LogP contribution in [0.2, 0.25) is 0 Å². The normalized spacial score (nSPS) is 34.1. The van der Waals surface area contributed by atoms with Crippen molar-refractivity contribution in [3.63, 3.8) is 0 Å². The van der Waals surface area contributed by atoms with Crippen LogP contribution in [0.5, 0.6) is 0 Å². The number of carbonyl (C=O) groups is 2. The SMILES string of the molecule is C[C@@H]1CC2=CC(=O)CC[C@]2(C=O)[C@H]2CC[C@]3(C)[C@@H](O[Si](c4ccccc4)(c4ccccc4)c4ccccc4)CC[C@H]3[C@H]12. The number of allylic oxidation sites excluding steroid dienone is 1. The highest BCUT2D eigenvalue weighted by Crippen LogP contribution is 2.66. The first kappa shape index (κ1) is 27.7. The van der Waals surface area contributed by atoms with Crippen LogP contribution < -0.4 is 15.6 Å². The molecule has 0 aliphatic heterocycles. The Morgan fingerprint density at radius 3 is 1.90 bits per heavy atom. The molecule has 4 aliphatic carbocycles. The highest BCUT2D eigenvalue weighted by molar-refractivity contribution is 7.07. The van der Waals surface area contributed by atoms with Gasteiger partial charge in [0.25, 0.3) is 8.32 Å². The van der Waals surface area contributed by atoms with Gasteiger partial charge in [-0.3, -0.25) is 4.79 Å². The van der Waals surface area contributed by atoms with Crippen molar-refractivity contribution in [2.45, 2.75) is 64.9 Å². The number of ketones is 1. The number of aldehydes is 1. The van der Waals surface area contributed by atoms with E-state index < -0.39 is 13.7 Å². The van der Waals surface area contributed by atoms with Crippen LogP contribution in [-0.2, 0) is 14.0 Å². The van der Waals surface area contributed by atoms with E-state index in [1.165, 1.54) is 21.8 Å². The minimum absolute atomic E-state index is 0.0434. The minimum atomic E-state index is -2.83. The zero-order valence-corrected chi connectivity index (χ0v) is 25.9. The molecule has 4 aliphatic rings. The Morgan fingerprint density at radius 1 is 0.786 bits per heavy atom. The van der Waals surface area contributed by atoms with Gasteiger partial charge in [0.1, 0.15) is 6.29 Å². The highest BCUT2D eigenvalue weighted by atomic mass is 28.4. The van der Waals surface area contributed by atoms with E-state index in [4.69, 9.17) is 4.43 Å². The van der Waals surface area contributed by atoms with Crippen molar-refractivity contribution in [1.29, 1.82) is 0 Å². The molecule has 0 radical (unpaired) electrons. The fourth-order valence-corrected chi connectivity index (χ4v) is 14.1. The first-order chi connectivity index (χ1) is 20.4. The molecule has 0 N–H and O–H groups in total. The van der Waals surface area contributed by atoms with Crippen molar-refractivity contribution in [3.05, 3.63) is 103 Å². The predicted molar refractivity (Wildman–Crippen MR) is 171 cm³/mol. The van der Waals surface area contributed by atoms with Crippen molar-refractivity contribution in [1.82, 2.24) is 0 Å². The summed E-state index contributed by atoms with van der Waals surface area (Å²) in [4.78, 5) is 25.3. The van der Waals surface area contributed by atoms with E-state index in [-0.39, 0.29) is 17.3 Å². The van der Waals surface area contributed by atoms with Crippen LogP contribution in [0.25, 0.3) is 0 Å². The van der Waals surface area contributed by atoms with E-state index in [0.29, 0.717) is 36.5 Å². The van der Waals surface area contributed by atoms with E-state index in [1.54, 1.807) is 0 Å². The molecule has 3 aromatic rings. The second-order valence-corrected chi connectivity index (χ2v) is 17.1. The molecule has 0 spiro atoms. The zero-order chi connectivity index (χ0) is 29.0. The molecule has 7 atom stereocenters. The third-order valence-electron chi connectivity index (χ3n) is 11.9. The van der Waals surface area contributed by atoms with Crippen molar-refractivity contribution >= 4 is 35.9 Å². The van der Waals surface area contributed by atoms with Crippen LogP contribution >= 0.6 is 0 Å². The molecular formula is C38H42O3Si. The van der Waals surface area contributed by atoms with Gasteiger partial charge in [-0.2, -0.15) is 0 Å². The second kappa shape index (κ2) is 10.6. The van der Waals surface area contributed by atoms with Gasteiger partial charge in [0.2, 0.25) is 0 Å². The van der Waals surface area contributed by atoms with Gasteiger partial charge in [0, 0.05) is 6.42 Å². The maximum absolute atomic E-state index is 12.9. The van der Waals surface area contributed by atoms with Gasteiger partial charge in [-0.05, 0) is 89.2 Å². The van der Waals surface area contributed by atoms with Gasteiger partial charge in [0.15, 0.2) is 5.78 Å². The number of hydrogen-bond donors (Lipinski definition) is 0. The number of fused-ring (bicyclic) bond motifs is 5. The Kier molecular flexibility index (Phi) is 6.98. The Morgan fingerprint density at radius 2 is 1.36 bits per heavy atom. The van der Waals surface area contributed by atoms with Gasteiger partial charge < -0.3 is 9.22 Å². The molecule has 0 heterocycles. The lowest BCUT2D eigenvalue weighted by molar-refractivity contribution is -0.133. The molecule has 216 valence electrons. The summed E-state index contributed by atoms with van der Waals surface area (Å²) in [5.41, 5.74) is 0.726. The van der Waals surface area contributed by atoms with Gasteiger partial charge in [0.05, 0.1) is 11.5 Å². The maximum Gasteiger partial charge on any atom is 0.288 e. The Labute approximate surface area is 251 Å². The van der Waals surface area contributed by atoms with E-state index in [0.717, 1.165) is 37.7 Å². The average molecular weight is 575 g/mol. The monoisotopic (exact) mass is 574 g/mol. The minimum Gasteiger partial charge on any atom is -0.401 e. The third kappa shape index (κ3) is 4.09. The smallest absolute Gasteiger partial charge is 0.288 e. The second-order valence-electron chi connectivity index (χ2n) is 13.8. The summed E-state index contributed by atoms with van der Waals surface area (Å²) in [5.74, 6) is 1.99. The molecular weight excluding hydrogens is 533 g/mol. The number of carbonyl (C=O) groups excluding carboxylic acids is 2. The predicted octanol–water partition coefficient (Wildman–Crippen LogP) is 6.00. The van der Waals surface area contributed by atoms with Crippen molar-refractivity contribution in [2.75, 3.05) is 0 Å². The molecule has 42 heavy (non-hydrogen) atoms. The maximum atomic E-state index is 12.9. The molecule has 0 amide bonds. The van der Waals surface area contributed by atoms with Crippen LogP contribution in [0.15, 0.2) is 103 Å². The standard InChI is InChI=1S/C38H42O3Si/c1-27-24-28-25-29(40)20-23-38(28,26-39)34-21-22-37(2)33(36(27)34)18-19-35(37)41-42(30-12-6-3-7-13-30,31-14-8-4-9-15-31)32-16-10-5-11-17-32/h3-17,25-27,33-36H,18-24H2,1-2H3/t27-,33+,34+,35+,36+,37+,38-/m1/s1. The molecule has 3 fully saturated rings. The lowest BCUT2D eigenvalue weighted by atomic mass is 9.45. The van der Waals surface area contributed by atoms with Gasteiger partial charge in [-0.1, -0.05) is 110 Å². The first-order valence-electron chi connectivity index (χ1n) is 16.0. The topological polar surface area (TPSA) is 43.4 Å². The summed E-state index contributed by atoms with van der Waals surface area (Å²) in [6.07, 6.45) is 9.60. The molecule has 0 saturated heterocycles. The van der Waals surface area contributed by atoms with E-state index >= 15 is 0 Å². The van der Waals surface area contributed by atoms with Crippen LogP contribution in [0, 0.1) is 34.5 Å². The molecule has 4 heteroatoms. The molecule has 3 aromatic carbocycles. The Balaban J connectivity index is 1.30. The summed E-state index contributed by atoms with van der Waals surface area (Å²) in [5, 5.41) is 3.86. The summed E-state index contributed by atoms with van der Waals surface area (Å²) in [7, 11) is -2.83. The number of rotatable bonds is 6. The van der Waals surface area contributed by atoms with Crippen molar-refractivity contribution in [3.8, 4) is 0 Å². The van der Waals surface area contributed by atoms with Gasteiger partial charge in [-0.25, -0.2) is 0 Å². The number of hydrogen-bond acceptors (Lipinski definition) is 3. The summed E-state index contributed by atoms with van der Waals surface area (Å²) < 4.78 is 7.83. The summed E-state index contributed by atoms with van der Waals surface area (Å²) in [6, 6.07) is 32.8. The zero-order valence-electron chi connectivity index (χ0n) is 24.9. The quantitative estimate of drug-likeness (QED) is 0.206. The summed E-state index contributed by atoms with van der Waals surface area (Å²) in [6.45, 7) is 4.88. The fourth-order valence-electron chi connectivity index (χ4n) is 9.94. The Bertz CT molecular complexity index is 1390. The van der Waals surface area contributed by atoms with Crippen molar-refractivity contribution < 1.29 is 14.0 Å². The molecule has 3 nitrogen and oxygen atoms in total. The van der Waals surface area contributed by atoms with Gasteiger partial charge in [-0.15, -0.1) is 0 Å². The van der Waals surface area contributed by atoms with Crippen LogP contribution in [0.3, 0.4) is 0 Å².